The van der Waals surface area contributed by atoms with Crippen LogP contribution in [0.3, 0.4) is 0 Å². The van der Waals surface area contributed by atoms with Gasteiger partial charge in [-0.25, -0.2) is 13.1 Å². The maximum Gasteiger partial charge on any atom is 0.240 e. The highest BCUT2D eigenvalue weighted by atomic mass is 32.2. The summed E-state index contributed by atoms with van der Waals surface area (Å²) < 4.78 is 31.4. The second kappa shape index (κ2) is 5.69. The molecule has 18 heavy (non-hydrogen) atoms. The zero-order valence-corrected chi connectivity index (χ0v) is 11.6. The molecular weight excluding hydrogens is 254 g/mol. The fraction of sp³-hybridized carbons (Fsp3) is 0.500. The van der Waals surface area contributed by atoms with Gasteiger partial charge in [-0.3, -0.25) is 0 Å². The first-order chi connectivity index (χ1) is 8.24. The Balaban J connectivity index is 2.79. The van der Waals surface area contributed by atoms with E-state index in [1.807, 2.05) is 6.92 Å². The van der Waals surface area contributed by atoms with Crippen LogP contribution >= 0.6 is 0 Å². The summed E-state index contributed by atoms with van der Waals surface area (Å²) in [5.41, 5.74) is -1.08. The van der Waals surface area contributed by atoms with Gasteiger partial charge in [-0.15, -0.1) is 0 Å². The SMILES string of the molecule is CCOc1ccc(S(=O)(=O)NCC(C)(C)O)cc1. The molecule has 0 bridgehead atoms. The third kappa shape index (κ3) is 4.64. The lowest BCUT2D eigenvalue weighted by molar-refractivity contribution is 0.0857. The minimum absolute atomic E-state index is 0.0391. The first-order valence-electron chi connectivity index (χ1n) is 5.69. The van der Waals surface area contributed by atoms with Gasteiger partial charge in [0.1, 0.15) is 5.75 Å². The molecule has 1 rings (SSSR count). The van der Waals surface area contributed by atoms with Gasteiger partial charge < -0.3 is 9.84 Å². The lowest BCUT2D eigenvalue weighted by atomic mass is 10.1. The Labute approximate surface area is 108 Å². The molecule has 0 atom stereocenters. The Morgan fingerprint density at radius 3 is 2.28 bits per heavy atom. The van der Waals surface area contributed by atoms with Gasteiger partial charge in [-0.2, -0.15) is 0 Å². The molecule has 6 heteroatoms. The van der Waals surface area contributed by atoms with E-state index in [-0.39, 0.29) is 11.4 Å². The molecule has 0 amide bonds. The van der Waals surface area contributed by atoms with Crippen molar-refractivity contribution >= 4 is 10.0 Å². The quantitative estimate of drug-likeness (QED) is 0.815. The summed E-state index contributed by atoms with van der Waals surface area (Å²) in [7, 11) is -3.59. The summed E-state index contributed by atoms with van der Waals surface area (Å²) in [4.78, 5) is 0.148. The molecule has 0 aliphatic heterocycles. The van der Waals surface area contributed by atoms with Crippen molar-refractivity contribution in [2.75, 3.05) is 13.2 Å². The van der Waals surface area contributed by atoms with Crippen LogP contribution in [-0.4, -0.2) is 32.3 Å². The first-order valence-corrected chi connectivity index (χ1v) is 7.18. The van der Waals surface area contributed by atoms with Crippen LogP contribution in [0.4, 0.5) is 0 Å². The minimum atomic E-state index is -3.59. The van der Waals surface area contributed by atoms with Crippen molar-refractivity contribution < 1.29 is 18.3 Å². The molecule has 0 unspecified atom stereocenters. The number of nitrogens with one attached hydrogen (secondary N) is 1. The third-order valence-corrected chi connectivity index (χ3v) is 3.56. The molecule has 0 aliphatic rings. The van der Waals surface area contributed by atoms with Crippen molar-refractivity contribution in [3.8, 4) is 5.75 Å². The summed E-state index contributed by atoms with van der Waals surface area (Å²) >= 11 is 0. The fourth-order valence-corrected chi connectivity index (χ4v) is 2.44. The van der Waals surface area contributed by atoms with Crippen LogP contribution in [0.2, 0.25) is 0 Å². The average Bonchev–Trinajstić information content (AvgIpc) is 2.27. The molecule has 5 nitrogen and oxygen atoms in total. The zero-order valence-electron chi connectivity index (χ0n) is 10.8. The van der Waals surface area contributed by atoms with Gasteiger partial charge in [0.2, 0.25) is 10.0 Å². The predicted octanol–water partition coefficient (Wildman–Crippen LogP) is 1.13. The Bertz CT molecular complexity index is 474. The van der Waals surface area contributed by atoms with Gasteiger partial charge in [0, 0.05) is 6.54 Å². The maximum atomic E-state index is 11.9. The number of rotatable bonds is 6. The van der Waals surface area contributed by atoms with Gasteiger partial charge in [-0.1, -0.05) is 0 Å². The third-order valence-electron chi connectivity index (χ3n) is 2.14. The smallest absolute Gasteiger partial charge is 0.240 e. The standard InChI is InChI=1S/C12H19NO4S/c1-4-17-10-5-7-11(8-6-10)18(15,16)13-9-12(2,3)14/h5-8,13-14H,4,9H2,1-3H3. The second-order valence-electron chi connectivity index (χ2n) is 4.54. The average molecular weight is 273 g/mol. The Morgan fingerprint density at radius 2 is 1.83 bits per heavy atom. The minimum Gasteiger partial charge on any atom is -0.494 e. The molecule has 0 saturated carbocycles. The fourth-order valence-electron chi connectivity index (χ4n) is 1.24. The normalized spacial score (nSPS) is 12.4. The van der Waals surface area contributed by atoms with Crippen LogP contribution in [0.15, 0.2) is 29.2 Å². The Hall–Kier alpha value is -1.11. The van der Waals surface area contributed by atoms with Crippen molar-refractivity contribution in [1.29, 1.82) is 0 Å². The van der Waals surface area contributed by atoms with Crippen molar-refractivity contribution in [3.63, 3.8) is 0 Å². The highest BCUT2D eigenvalue weighted by Gasteiger charge is 2.19. The molecule has 0 saturated heterocycles. The second-order valence-corrected chi connectivity index (χ2v) is 6.31. The Morgan fingerprint density at radius 1 is 1.28 bits per heavy atom. The highest BCUT2D eigenvalue weighted by Crippen LogP contribution is 2.16. The van der Waals surface area contributed by atoms with E-state index < -0.39 is 15.6 Å². The molecule has 0 aromatic heterocycles. The lowest BCUT2D eigenvalue weighted by Gasteiger charge is -2.17. The molecule has 0 radical (unpaired) electrons. The van der Waals surface area contributed by atoms with E-state index in [0.717, 1.165) is 0 Å². The zero-order chi connectivity index (χ0) is 13.8. The molecule has 0 aliphatic carbocycles. The van der Waals surface area contributed by atoms with Crippen molar-refractivity contribution in [2.45, 2.75) is 31.3 Å². The largest absolute Gasteiger partial charge is 0.494 e. The topological polar surface area (TPSA) is 75.6 Å². The van der Waals surface area contributed by atoms with Gasteiger partial charge >= 0.3 is 0 Å². The van der Waals surface area contributed by atoms with E-state index in [2.05, 4.69) is 4.72 Å². The van der Waals surface area contributed by atoms with Crippen LogP contribution in [0, 0.1) is 0 Å². The molecule has 102 valence electrons. The van der Waals surface area contributed by atoms with Crippen molar-refractivity contribution in [2.24, 2.45) is 0 Å². The highest BCUT2D eigenvalue weighted by molar-refractivity contribution is 7.89. The van der Waals surface area contributed by atoms with Crippen molar-refractivity contribution in [3.05, 3.63) is 24.3 Å². The van der Waals surface area contributed by atoms with E-state index in [0.29, 0.717) is 12.4 Å². The number of hydrogen-bond donors (Lipinski definition) is 2. The van der Waals surface area contributed by atoms with E-state index >= 15 is 0 Å². The van der Waals surface area contributed by atoms with Crippen LogP contribution in [0.1, 0.15) is 20.8 Å². The van der Waals surface area contributed by atoms with Crippen LogP contribution in [0.5, 0.6) is 5.75 Å². The number of hydrogen-bond acceptors (Lipinski definition) is 4. The summed E-state index contributed by atoms with van der Waals surface area (Å²) in [6, 6.07) is 6.14. The van der Waals surface area contributed by atoms with Crippen molar-refractivity contribution in [1.82, 2.24) is 4.72 Å². The number of sulfonamides is 1. The predicted molar refractivity (Wildman–Crippen MR) is 69.1 cm³/mol. The van der Waals surface area contributed by atoms with Crippen LogP contribution in [0.25, 0.3) is 0 Å². The Kier molecular flexibility index (Phi) is 4.72. The molecular formula is C12H19NO4S. The molecule has 1 aromatic carbocycles. The number of ether oxygens (including phenoxy) is 1. The molecule has 0 heterocycles. The van der Waals surface area contributed by atoms with E-state index in [4.69, 9.17) is 4.74 Å². The summed E-state index contributed by atoms with van der Waals surface area (Å²) in [5.74, 6) is 0.624. The molecule has 2 N–H and O–H groups in total. The number of aliphatic hydroxyl groups is 1. The van der Waals surface area contributed by atoms with Gasteiger partial charge in [-0.05, 0) is 45.0 Å². The van der Waals surface area contributed by atoms with Gasteiger partial charge in [0.05, 0.1) is 17.1 Å². The maximum absolute atomic E-state index is 11.9. The van der Waals surface area contributed by atoms with E-state index in [1.54, 1.807) is 12.1 Å². The molecule has 0 spiro atoms. The van der Waals surface area contributed by atoms with E-state index in [1.165, 1.54) is 26.0 Å². The van der Waals surface area contributed by atoms with Gasteiger partial charge in [0.15, 0.2) is 0 Å². The molecule has 1 aromatic rings. The number of benzene rings is 1. The van der Waals surface area contributed by atoms with Crippen LogP contribution in [-0.2, 0) is 10.0 Å². The summed E-state index contributed by atoms with van der Waals surface area (Å²) in [5, 5.41) is 9.50. The first kappa shape index (κ1) is 14.9. The monoisotopic (exact) mass is 273 g/mol. The van der Waals surface area contributed by atoms with Crippen LogP contribution < -0.4 is 9.46 Å². The lowest BCUT2D eigenvalue weighted by Crippen LogP contribution is -2.38. The summed E-state index contributed by atoms with van der Waals surface area (Å²) in [6.45, 7) is 5.42. The van der Waals surface area contributed by atoms with E-state index in [9.17, 15) is 13.5 Å². The summed E-state index contributed by atoms with van der Waals surface area (Å²) in [6.07, 6.45) is 0. The molecule has 0 fully saturated rings. The van der Waals surface area contributed by atoms with Gasteiger partial charge in [0.25, 0.3) is 0 Å².